The number of ketones is 1. The molecule has 0 spiro atoms. The van der Waals surface area contributed by atoms with Gasteiger partial charge in [-0.05, 0) is 23.1 Å². The predicted octanol–water partition coefficient (Wildman–Crippen LogP) is 3.48. The van der Waals surface area contributed by atoms with Crippen LogP contribution in [0.3, 0.4) is 0 Å². The summed E-state index contributed by atoms with van der Waals surface area (Å²) in [6, 6.07) is 7.65. The van der Waals surface area contributed by atoms with Crippen molar-refractivity contribution in [2.45, 2.75) is 39.0 Å². The van der Waals surface area contributed by atoms with E-state index in [4.69, 9.17) is 10.00 Å². The Morgan fingerprint density at radius 3 is 2.56 bits per heavy atom. The number of hydrogen-bond acceptors (Lipinski definition) is 3. The number of carbonyl (C=O) groups excluding carboxylic acids is 1. The average Bonchev–Trinajstić information content (AvgIpc) is 2.34. The van der Waals surface area contributed by atoms with Crippen LogP contribution in [0.15, 0.2) is 18.2 Å². The van der Waals surface area contributed by atoms with E-state index in [1.54, 1.807) is 7.11 Å². The highest BCUT2D eigenvalue weighted by molar-refractivity contribution is 5.99. The lowest BCUT2D eigenvalue weighted by molar-refractivity contribution is 0.0981. The number of hydrogen-bond donors (Lipinski definition) is 0. The Morgan fingerprint density at radius 1 is 1.39 bits per heavy atom. The smallest absolute Gasteiger partial charge is 0.167 e. The van der Waals surface area contributed by atoms with Crippen LogP contribution in [-0.4, -0.2) is 12.9 Å². The van der Waals surface area contributed by atoms with E-state index in [0.717, 1.165) is 5.56 Å². The number of rotatable bonds is 4. The fourth-order valence-corrected chi connectivity index (χ4v) is 1.70. The van der Waals surface area contributed by atoms with Gasteiger partial charge in [0.25, 0.3) is 0 Å². The zero-order valence-electron chi connectivity index (χ0n) is 11.4. The van der Waals surface area contributed by atoms with Crippen LogP contribution < -0.4 is 4.74 Å². The van der Waals surface area contributed by atoms with Gasteiger partial charge in [-0.25, -0.2) is 0 Å². The molecule has 0 N–H and O–H groups in total. The monoisotopic (exact) mass is 245 g/mol. The maximum atomic E-state index is 12.0. The second-order valence-corrected chi connectivity index (χ2v) is 5.25. The van der Waals surface area contributed by atoms with Crippen molar-refractivity contribution < 1.29 is 9.53 Å². The van der Waals surface area contributed by atoms with Gasteiger partial charge >= 0.3 is 0 Å². The van der Waals surface area contributed by atoms with Crippen LogP contribution in [0.5, 0.6) is 5.75 Å². The first kappa shape index (κ1) is 14.2. The molecule has 18 heavy (non-hydrogen) atoms. The Morgan fingerprint density at radius 2 is 2.06 bits per heavy atom. The number of nitrogens with zero attached hydrogens (tertiary/aromatic N) is 1. The molecule has 3 heteroatoms. The number of ether oxygens (including phenoxy) is 1. The molecular weight excluding hydrogens is 226 g/mol. The van der Waals surface area contributed by atoms with Crippen molar-refractivity contribution in [3.8, 4) is 11.8 Å². The minimum atomic E-state index is -0.0421. The van der Waals surface area contributed by atoms with Gasteiger partial charge in [0.1, 0.15) is 5.75 Å². The predicted molar refractivity (Wildman–Crippen MR) is 70.9 cm³/mol. The van der Waals surface area contributed by atoms with E-state index >= 15 is 0 Å². The van der Waals surface area contributed by atoms with Crippen LogP contribution in [0.25, 0.3) is 0 Å². The zero-order valence-corrected chi connectivity index (χ0v) is 11.4. The average molecular weight is 245 g/mol. The molecule has 0 atom stereocenters. The van der Waals surface area contributed by atoms with Gasteiger partial charge in [-0.1, -0.05) is 26.8 Å². The lowest BCUT2D eigenvalue weighted by atomic mass is 9.85. The van der Waals surface area contributed by atoms with Gasteiger partial charge in [-0.2, -0.15) is 5.26 Å². The van der Waals surface area contributed by atoms with Crippen molar-refractivity contribution in [3.05, 3.63) is 29.3 Å². The number of Topliss-reactive ketones (excluding diaryl/α,β-unsaturated/α-hetero) is 1. The highest BCUT2D eigenvalue weighted by Crippen LogP contribution is 2.28. The summed E-state index contributed by atoms with van der Waals surface area (Å²) < 4.78 is 5.21. The summed E-state index contributed by atoms with van der Waals surface area (Å²) in [5.74, 6) is 0.533. The zero-order chi connectivity index (χ0) is 13.8. The molecule has 3 nitrogen and oxygen atoms in total. The van der Waals surface area contributed by atoms with E-state index in [2.05, 4.69) is 20.8 Å². The van der Waals surface area contributed by atoms with Crippen LogP contribution in [0.2, 0.25) is 0 Å². The van der Waals surface area contributed by atoms with Gasteiger partial charge in [-0.15, -0.1) is 0 Å². The van der Waals surface area contributed by atoms with Crippen LogP contribution in [0, 0.1) is 11.3 Å². The second kappa shape index (κ2) is 5.68. The number of methoxy groups -OCH3 is 1. The highest BCUT2D eigenvalue weighted by atomic mass is 16.5. The lowest BCUT2D eigenvalue weighted by Gasteiger charge is -2.20. The van der Waals surface area contributed by atoms with Crippen molar-refractivity contribution >= 4 is 5.78 Å². The van der Waals surface area contributed by atoms with Gasteiger partial charge in [0.05, 0.1) is 18.7 Å². The van der Waals surface area contributed by atoms with Gasteiger partial charge in [-0.3, -0.25) is 4.79 Å². The summed E-state index contributed by atoms with van der Waals surface area (Å²) in [4.78, 5) is 12.0. The van der Waals surface area contributed by atoms with Crippen LogP contribution in [0.1, 0.15) is 49.5 Å². The summed E-state index contributed by atoms with van der Waals surface area (Å²) in [5, 5.41) is 8.54. The normalized spacial score (nSPS) is 10.8. The molecule has 1 aromatic rings. The number of benzene rings is 1. The molecule has 0 aliphatic rings. The summed E-state index contributed by atoms with van der Waals surface area (Å²) in [6.45, 7) is 6.29. The molecule has 0 amide bonds. The Bertz CT molecular complexity index is 478. The summed E-state index contributed by atoms with van der Waals surface area (Å²) in [7, 11) is 1.55. The number of carbonyl (C=O) groups is 1. The van der Waals surface area contributed by atoms with Gasteiger partial charge in [0, 0.05) is 12.8 Å². The third-order valence-electron chi connectivity index (χ3n) is 2.83. The molecule has 0 saturated carbocycles. The molecule has 0 bridgehead atoms. The van der Waals surface area contributed by atoms with Crippen molar-refractivity contribution in [2.24, 2.45) is 0 Å². The molecule has 0 radical (unpaired) electrons. The molecule has 1 aromatic carbocycles. The fourth-order valence-electron chi connectivity index (χ4n) is 1.70. The van der Waals surface area contributed by atoms with E-state index in [1.807, 2.05) is 24.3 Å². The summed E-state index contributed by atoms with van der Waals surface area (Å²) in [6.07, 6.45) is 0.474. The van der Waals surface area contributed by atoms with Gasteiger partial charge in [0.15, 0.2) is 5.78 Å². The minimum absolute atomic E-state index is 0.0173. The fraction of sp³-hybridized carbons (Fsp3) is 0.467. The standard InChI is InChI=1S/C15H19NO2/c1-15(2,3)11-7-8-14(18-4)12(10-11)13(17)6-5-9-16/h7-8,10H,5-6H2,1-4H3. The molecule has 0 saturated heterocycles. The Hall–Kier alpha value is -1.82. The minimum Gasteiger partial charge on any atom is -0.496 e. The largest absolute Gasteiger partial charge is 0.496 e. The Balaban J connectivity index is 3.15. The van der Waals surface area contributed by atoms with Crippen molar-refractivity contribution in [3.63, 3.8) is 0 Å². The Kier molecular flexibility index (Phi) is 4.49. The van der Waals surface area contributed by atoms with Crippen LogP contribution in [0.4, 0.5) is 0 Å². The topological polar surface area (TPSA) is 50.1 Å². The lowest BCUT2D eigenvalue weighted by Crippen LogP contribution is -2.13. The molecule has 1 rings (SSSR count). The van der Waals surface area contributed by atoms with Crippen molar-refractivity contribution in [1.82, 2.24) is 0 Å². The van der Waals surface area contributed by atoms with Crippen molar-refractivity contribution in [2.75, 3.05) is 7.11 Å². The molecule has 0 aliphatic carbocycles. The Labute approximate surface area is 108 Å². The van der Waals surface area contributed by atoms with Crippen molar-refractivity contribution in [1.29, 1.82) is 5.26 Å². The highest BCUT2D eigenvalue weighted by Gasteiger charge is 2.18. The van der Waals surface area contributed by atoms with E-state index in [-0.39, 0.29) is 24.0 Å². The summed E-state index contributed by atoms with van der Waals surface area (Å²) in [5.41, 5.74) is 1.64. The molecule has 0 aliphatic heterocycles. The number of nitriles is 1. The van der Waals surface area contributed by atoms with Crippen LogP contribution >= 0.6 is 0 Å². The first-order valence-corrected chi connectivity index (χ1v) is 5.99. The van der Waals surface area contributed by atoms with E-state index < -0.39 is 0 Å². The molecule has 0 heterocycles. The molecule has 0 aromatic heterocycles. The van der Waals surface area contributed by atoms with E-state index in [1.165, 1.54) is 0 Å². The van der Waals surface area contributed by atoms with Gasteiger partial charge in [0.2, 0.25) is 0 Å². The first-order chi connectivity index (χ1) is 8.40. The maximum Gasteiger partial charge on any atom is 0.167 e. The first-order valence-electron chi connectivity index (χ1n) is 5.99. The maximum absolute atomic E-state index is 12.0. The molecule has 96 valence electrons. The van der Waals surface area contributed by atoms with Gasteiger partial charge < -0.3 is 4.74 Å². The van der Waals surface area contributed by atoms with E-state index in [0.29, 0.717) is 11.3 Å². The third-order valence-corrected chi connectivity index (χ3v) is 2.83. The quantitative estimate of drug-likeness (QED) is 0.763. The molecular formula is C15H19NO2. The summed E-state index contributed by atoms with van der Waals surface area (Å²) >= 11 is 0. The SMILES string of the molecule is COc1ccc(C(C)(C)C)cc1C(=O)CCC#N. The van der Waals surface area contributed by atoms with Crippen LogP contribution in [-0.2, 0) is 5.41 Å². The molecule has 0 fully saturated rings. The molecule has 0 unspecified atom stereocenters. The van der Waals surface area contributed by atoms with E-state index in [9.17, 15) is 4.79 Å². The second-order valence-electron chi connectivity index (χ2n) is 5.25. The third kappa shape index (κ3) is 3.33.